The van der Waals surface area contributed by atoms with Gasteiger partial charge in [-0.2, -0.15) is 0 Å². The van der Waals surface area contributed by atoms with E-state index in [1.54, 1.807) is 7.11 Å². The molecule has 2 atom stereocenters. The van der Waals surface area contributed by atoms with E-state index in [1.807, 2.05) is 18.2 Å². The predicted molar refractivity (Wildman–Crippen MR) is 123 cm³/mol. The van der Waals surface area contributed by atoms with E-state index in [0.29, 0.717) is 32.8 Å². The second kappa shape index (κ2) is 18.3. The quantitative estimate of drug-likeness (QED) is 0.298. The first-order valence-corrected chi connectivity index (χ1v) is 11.6. The Balaban J connectivity index is 2.44. The zero-order valence-corrected chi connectivity index (χ0v) is 19.0. The standard InChI is InChI=1S/C24H43N3O3/c1-3-4-5-6-12-17-30-22(20-29-2)19-27-24(28)23(15-10-11-16-25)26-18-21-13-8-7-9-14-21/h7-9,13-14,22-23,26H,3-6,10-12,15-20,25H2,1-2H3,(H,27,28)/t22?,23-/m0/s1. The molecule has 0 aliphatic rings. The molecule has 0 spiro atoms. The molecule has 0 aromatic heterocycles. The minimum Gasteiger partial charge on any atom is -0.382 e. The van der Waals surface area contributed by atoms with Gasteiger partial charge in [0.25, 0.3) is 0 Å². The second-order valence-electron chi connectivity index (χ2n) is 7.81. The van der Waals surface area contributed by atoms with Crippen LogP contribution in [0, 0.1) is 0 Å². The summed E-state index contributed by atoms with van der Waals surface area (Å²) >= 11 is 0. The Morgan fingerprint density at radius 3 is 2.53 bits per heavy atom. The summed E-state index contributed by atoms with van der Waals surface area (Å²) in [6.07, 6.45) is 8.50. The third-order valence-corrected chi connectivity index (χ3v) is 5.12. The number of unbranched alkanes of at least 4 members (excludes halogenated alkanes) is 5. The van der Waals surface area contributed by atoms with E-state index in [1.165, 1.54) is 25.7 Å². The van der Waals surface area contributed by atoms with Crippen molar-refractivity contribution < 1.29 is 14.3 Å². The number of amides is 1. The average Bonchev–Trinajstić information content (AvgIpc) is 2.77. The van der Waals surface area contributed by atoms with Gasteiger partial charge in [-0.1, -0.05) is 69.4 Å². The highest BCUT2D eigenvalue weighted by Gasteiger charge is 2.19. The van der Waals surface area contributed by atoms with Gasteiger partial charge in [0.1, 0.15) is 0 Å². The number of hydrogen-bond acceptors (Lipinski definition) is 5. The molecular formula is C24H43N3O3. The first-order valence-electron chi connectivity index (χ1n) is 11.6. The summed E-state index contributed by atoms with van der Waals surface area (Å²) in [7, 11) is 1.66. The van der Waals surface area contributed by atoms with Gasteiger partial charge in [0.2, 0.25) is 5.91 Å². The molecule has 30 heavy (non-hydrogen) atoms. The van der Waals surface area contributed by atoms with Gasteiger partial charge in [-0.05, 0) is 31.4 Å². The largest absolute Gasteiger partial charge is 0.382 e. The summed E-state index contributed by atoms with van der Waals surface area (Å²) < 4.78 is 11.2. The number of carbonyl (C=O) groups is 1. The molecule has 4 N–H and O–H groups in total. The fourth-order valence-corrected chi connectivity index (χ4v) is 3.30. The zero-order valence-electron chi connectivity index (χ0n) is 19.0. The molecule has 0 saturated carbocycles. The number of methoxy groups -OCH3 is 1. The average molecular weight is 422 g/mol. The molecule has 1 aromatic carbocycles. The van der Waals surface area contributed by atoms with Crippen molar-refractivity contribution in [3.63, 3.8) is 0 Å². The first kappa shape index (κ1) is 26.6. The number of carbonyl (C=O) groups excluding carboxylic acids is 1. The molecule has 1 aromatic rings. The molecule has 0 aliphatic heterocycles. The third-order valence-electron chi connectivity index (χ3n) is 5.12. The minimum absolute atomic E-state index is 0.00982. The molecule has 1 amide bonds. The molecular weight excluding hydrogens is 378 g/mol. The number of nitrogens with one attached hydrogen (secondary N) is 2. The second-order valence-corrected chi connectivity index (χ2v) is 7.81. The highest BCUT2D eigenvalue weighted by Crippen LogP contribution is 2.06. The van der Waals surface area contributed by atoms with Gasteiger partial charge in [0.15, 0.2) is 0 Å². The van der Waals surface area contributed by atoms with Crippen LogP contribution in [-0.4, -0.2) is 51.5 Å². The molecule has 0 heterocycles. The van der Waals surface area contributed by atoms with E-state index < -0.39 is 0 Å². The molecule has 6 heteroatoms. The maximum atomic E-state index is 12.8. The van der Waals surface area contributed by atoms with Crippen LogP contribution in [0.4, 0.5) is 0 Å². The molecule has 1 unspecified atom stereocenters. The van der Waals surface area contributed by atoms with E-state index in [2.05, 4.69) is 29.7 Å². The lowest BCUT2D eigenvalue weighted by Crippen LogP contribution is -2.47. The van der Waals surface area contributed by atoms with Gasteiger partial charge >= 0.3 is 0 Å². The van der Waals surface area contributed by atoms with Crippen molar-refractivity contribution in [3.05, 3.63) is 35.9 Å². The van der Waals surface area contributed by atoms with E-state index in [9.17, 15) is 4.79 Å². The molecule has 6 nitrogen and oxygen atoms in total. The Morgan fingerprint density at radius 2 is 1.83 bits per heavy atom. The third kappa shape index (κ3) is 13.0. The number of nitrogens with two attached hydrogens (primary N) is 1. The van der Waals surface area contributed by atoms with Crippen molar-refractivity contribution >= 4 is 5.91 Å². The number of benzene rings is 1. The van der Waals surface area contributed by atoms with Crippen molar-refractivity contribution in [1.29, 1.82) is 0 Å². The van der Waals surface area contributed by atoms with E-state index in [0.717, 1.165) is 31.2 Å². The number of rotatable bonds is 19. The maximum absolute atomic E-state index is 12.8. The zero-order chi connectivity index (χ0) is 21.9. The topological polar surface area (TPSA) is 85.6 Å². The number of ether oxygens (including phenoxy) is 2. The van der Waals surface area contributed by atoms with Crippen molar-refractivity contribution in [3.8, 4) is 0 Å². The van der Waals surface area contributed by atoms with Crippen LogP contribution >= 0.6 is 0 Å². The Hall–Kier alpha value is -1.47. The van der Waals surface area contributed by atoms with Crippen molar-refractivity contribution in [2.75, 3.05) is 33.4 Å². The van der Waals surface area contributed by atoms with E-state index in [4.69, 9.17) is 15.2 Å². The molecule has 0 radical (unpaired) electrons. The van der Waals surface area contributed by atoms with Gasteiger partial charge < -0.3 is 25.8 Å². The smallest absolute Gasteiger partial charge is 0.237 e. The van der Waals surface area contributed by atoms with Crippen LogP contribution < -0.4 is 16.4 Å². The Kier molecular flexibility index (Phi) is 16.2. The molecule has 0 fully saturated rings. The van der Waals surface area contributed by atoms with Crippen LogP contribution in [0.25, 0.3) is 0 Å². The molecule has 0 aliphatic carbocycles. The molecule has 0 saturated heterocycles. The predicted octanol–water partition coefficient (Wildman–Crippen LogP) is 3.39. The van der Waals surface area contributed by atoms with Crippen LogP contribution in [0.1, 0.15) is 63.9 Å². The summed E-state index contributed by atoms with van der Waals surface area (Å²) in [5, 5.41) is 6.45. The van der Waals surface area contributed by atoms with Crippen LogP contribution in [0.3, 0.4) is 0 Å². The Morgan fingerprint density at radius 1 is 1.07 bits per heavy atom. The van der Waals surface area contributed by atoms with Gasteiger partial charge in [-0.15, -0.1) is 0 Å². The fraction of sp³-hybridized carbons (Fsp3) is 0.708. The summed E-state index contributed by atoms with van der Waals surface area (Å²) in [5.41, 5.74) is 6.79. The van der Waals surface area contributed by atoms with Gasteiger partial charge in [0, 0.05) is 26.8 Å². The summed E-state index contributed by atoms with van der Waals surface area (Å²) in [5.74, 6) is 0.00982. The Labute approximate surface area is 183 Å². The van der Waals surface area contributed by atoms with Gasteiger partial charge in [-0.25, -0.2) is 0 Å². The van der Waals surface area contributed by atoms with Crippen molar-refractivity contribution in [2.24, 2.45) is 5.73 Å². The van der Waals surface area contributed by atoms with Gasteiger partial charge in [0.05, 0.1) is 18.8 Å². The summed E-state index contributed by atoms with van der Waals surface area (Å²) in [6, 6.07) is 9.89. The minimum atomic E-state index is -0.242. The Bertz CT molecular complexity index is 528. The maximum Gasteiger partial charge on any atom is 0.237 e. The molecule has 1 rings (SSSR count). The van der Waals surface area contributed by atoms with Crippen molar-refractivity contribution in [1.82, 2.24) is 10.6 Å². The van der Waals surface area contributed by atoms with Gasteiger partial charge in [-0.3, -0.25) is 4.79 Å². The summed E-state index contributed by atoms with van der Waals surface area (Å²) in [6.45, 7) is 5.17. The summed E-state index contributed by atoms with van der Waals surface area (Å²) in [4.78, 5) is 12.8. The highest BCUT2D eigenvalue weighted by molar-refractivity contribution is 5.81. The highest BCUT2D eigenvalue weighted by atomic mass is 16.5. The molecule has 0 bridgehead atoms. The first-order chi connectivity index (χ1) is 14.7. The lowest BCUT2D eigenvalue weighted by atomic mass is 10.1. The monoisotopic (exact) mass is 421 g/mol. The van der Waals surface area contributed by atoms with Crippen LogP contribution in [0.15, 0.2) is 30.3 Å². The van der Waals surface area contributed by atoms with Crippen LogP contribution in [0.2, 0.25) is 0 Å². The van der Waals surface area contributed by atoms with Crippen molar-refractivity contribution in [2.45, 2.75) is 77.0 Å². The lowest BCUT2D eigenvalue weighted by molar-refractivity contribution is -0.124. The normalized spacial score (nSPS) is 13.2. The number of hydrogen-bond donors (Lipinski definition) is 3. The van der Waals surface area contributed by atoms with Crippen LogP contribution in [0.5, 0.6) is 0 Å². The van der Waals surface area contributed by atoms with E-state index in [-0.39, 0.29) is 18.1 Å². The van der Waals surface area contributed by atoms with E-state index >= 15 is 0 Å². The fourth-order valence-electron chi connectivity index (χ4n) is 3.30. The van der Waals surface area contributed by atoms with Crippen LogP contribution in [-0.2, 0) is 20.8 Å². The SMILES string of the molecule is CCCCCCCOC(CNC(=O)[C@H](CCCCN)NCc1ccccc1)COC. The molecule has 172 valence electrons. The lowest BCUT2D eigenvalue weighted by Gasteiger charge is -2.22.